The van der Waals surface area contributed by atoms with Crippen LogP contribution in [0.4, 0.5) is 0 Å². The number of nitrogens with one attached hydrogen (secondary N) is 1. The molecule has 3 heteroatoms. The lowest BCUT2D eigenvalue weighted by atomic mass is 9.89. The summed E-state index contributed by atoms with van der Waals surface area (Å²) in [4.78, 5) is 4.49. The fraction of sp³-hybridized carbons (Fsp3) is 0.438. The van der Waals surface area contributed by atoms with Crippen LogP contribution < -0.4 is 5.32 Å². The average molecular weight is 255 g/mol. The van der Waals surface area contributed by atoms with Crippen LogP contribution in [0.25, 0.3) is 11.3 Å². The molecule has 0 radical (unpaired) electrons. The van der Waals surface area contributed by atoms with E-state index in [1.54, 1.807) is 0 Å². The molecule has 0 fully saturated rings. The molecule has 0 unspecified atom stereocenters. The zero-order valence-corrected chi connectivity index (χ0v) is 11.7. The highest BCUT2D eigenvalue weighted by molar-refractivity contribution is 5.64. The van der Waals surface area contributed by atoms with Crippen LogP contribution in [0.3, 0.4) is 0 Å². The molecule has 1 N–H and O–H groups in total. The molecule has 0 atom stereocenters. The number of benzene rings is 1. The molecule has 0 saturated carbocycles. The summed E-state index contributed by atoms with van der Waals surface area (Å²) in [5.74, 6) is 0. The molecule has 0 amide bonds. The van der Waals surface area contributed by atoms with E-state index in [4.69, 9.17) is 0 Å². The van der Waals surface area contributed by atoms with Gasteiger partial charge >= 0.3 is 0 Å². The summed E-state index contributed by atoms with van der Waals surface area (Å²) >= 11 is 0. The average Bonchev–Trinajstić information content (AvgIpc) is 2.80. The topological polar surface area (TPSA) is 29.9 Å². The van der Waals surface area contributed by atoms with Crippen LogP contribution in [0.2, 0.25) is 0 Å². The first-order valence-corrected chi connectivity index (χ1v) is 7.06. The van der Waals surface area contributed by atoms with Crippen molar-refractivity contribution in [1.29, 1.82) is 0 Å². The van der Waals surface area contributed by atoms with E-state index in [-0.39, 0.29) is 0 Å². The largest absolute Gasteiger partial charge is 0.333 e. The molecular weight excluding hydrogens is 234 g/mol. The molecule has 1 aromatic carbocycles. The van der Waals surface area contributed by atoms with Gasteiger partial charge in [-0.25, -0.2) is 4.98 Å². The molecule has 0 bridgehead atoms. The number of rotatable bonds is 3. The van der Waals surface area contributed by atoms with E-state index in [2.05, 4.69) is 40.1 Å². The van der Waals surface area contributed by atoms with E-state index in [1.165, 1.54) is 48.1 Å². The zero-order chi connectivity index (χ0) is 13.2. The number of aryl methyl sites for hydroxylation is 3. The van der Waals surface area contributed by atoms with Crippen molar-refractivity contribution in [1.82, 2.24) is 14.9 Å². The van der Waals surface area contributed by atoms with Crippen molar-refractivity contribution in [3.05, 3.63) is 41.3 Å². The minimum atomic E-state index is 0.813. The lowest BCUT2D eigenvalue weighted by Gasteiger charge is -2.17. The van der Waals surface area contributed by atoms with Crippen molar-refractivity contribution in [2.75, 3.05) is 7.05 Å². The molecule has 0 spiro atoms. The quantitative estimate of drug-likeness (QED) is 0.914. The normalized spacial score (nSPS) is 14.4. The summed E-state index contributed by atoms with van der Waals surface area (Å²) in [6.07, 6.45) is 7.03. The fourth-order valence-corrected chi connectivity index (χ4v) is 3.03. The Morgan fingerprint density at radius 3 is 2.79 bits per heavy atom. The first kappa shape index (κ1) is 12.4. The Morgan fingerprint density at radius 2 is 2.00 bits per heavy atom. The summed E-state index contributed by atoms with van der Waals surface area (Å²) in [5, 5.41) is 3.19. The summed E-state index contributed by atoms with van der Waals surface area (Å²) in [7, 11) is 4.03. The second kappa shape index (κ2) is 5.17. The Kier molecular flexibility index (Phi) is 3.38. The first-order valence-electron chi connectivity index (χ1n) is 7.06. The summed E-state index contributed by atoms with van der Waals surface area (Å²) in [5.41, 5.74) is 6.72. The third kappa shape index (κ3) is 2.30. The van der Waals surface area contributed by atoms with Gasteiger partial charge in [0.05, 0.1) is 17.7 Å². The predicted molar refractivity (Wildman–Crippen MR) is 78.0 cm³/mol. The molecule has 2 aromatic rings. The Bertz CT molecular complexity index is 584. The Labute approximate surface area is 114 Å². The zero-order valence-electron chi connectivity index (χ0n) is 11.7. The van der Waals surface area contributed by atoms with Gasteiger partial charge in [-0.05, 0) is 49.9 Å². The Hall–Kier alpha value is -1.61. The van der Waals surface area contributed by atoms with Crippen LogP contribution in [0.1, 0.15) is 29.7 Å². The van der Waals surface area contributed by atoms with Crippen molar-refractivity contribution in [3.8, 4) is 11.3 Å². The van der Waals surface area contributed by atoms with E-state index in [0.29, 0.717) is 0 Å². The van der Waals surface area contributed by atoms with Crippen molar-refractivity contribution in [3.63, 3.8) is 0 Å². The molecule has 100 valence electrons. The first-order chi connectivity index (χ1) is 9.29. The van der Waals surface area contributed by atoms with Crippen LogP contribution in [-0.2, 0) is 26.4 Å². The predicted octanol–water partition coefficient (Wildman–Crippen LogP) is 2.69. The number of aromatic nitrogens is 2. The summed E-state index contributed by atoms with van der Waals surface area (Å²) < 4.78 is 2.12. The molecule has 1 heterocycles. The van der Waals surface area contributed by atoms with Gasteiger partial charge in [0.1, 0.15) is 0 Å². The van der Waals surface area contributed by atoms with E-state index < -0.39 is 0 Å². The van der Waals surface area contributed by atoms with E-state index in [0.717, 1.165) is 12.2 Å². The SMILES string of the molecule is CNCc1ncn(C)c1-c1ccc2c(c1)CCCC2. The van der Waals surface area contributed by atoms with Crippen LogP contribution >= 0.6 is 0 Å². The maximum Gasteiger partial charge on any atom is 0.0952 e. The van der Waals surface area contributed by atoms with E-state index in [9.17, 15) is 0 Å². The lowest BCUT2D eigenvalue weighted by Crippen LogP contribution is -2.08. The standard InChI is InChI=1S/C16H21N3/c1-17-10-15-16(19(2)11-18-15)14-8-7-12-5-3-4-6-13(12)9-14/h7-9,11,17H,3-6,10H2,1-2H3. The molecule has 19 heavy (non-hydrogen) atoms. The lowest BCUT2D eigenvalue weighted by molar-refractivity contribution is 0.685. The van der Waals surface area contributed by atoms with Crippen LogP contribution in [0.15, 0.2) is 24.5 Å². The third-order valence-corrected chi connectivity index (χ3v) is 3.98. The Morgan fingerprint density at radius 1 is 1.21 bits per heavy atom. The maximum atomic E-state index is 4.49. The van der Waals surface area contributed by atoms with Gasteiger partial charge in [0, 0.05) is 19.2 Å². The van der Waals surface area contributed by atoms with E-state index >= 15 is 0 Å². The van der Waals surface area contributed by atoms with Gasteiger partial charge in [0.2, 0.25) is 0 Å². The van der Waals surface area contributed by atoms with Crippen LogP contribution in [0, 0.1) is 0 Å². The molecular formula is C16H21N3. The van der Waals surface area contributed by atoms with Gasteiger partial charge in [0.15, 0.2) is 0 Å². The minimum absolute atomic E-state index is 0.813. The molecule has 1 aliphatic carbocycles. The van der Waals surface area contributed by atoms with E-state index in [1.807, 2.05) is 13.4 Å². The van der Waals surface area contributed by atoms with Crippen molar-refractivity contribution < 1.29 is 0 Å². The second-order valence-corrected chi connectivity index (χ2v) is 5.37. The summed E-state index contributed by atoms with van der Waals surface area (Å²) in [6.45, 7) is 0.813. The molecule has 3 rings (SSSR count). The number of hydrogen-bond acceptors (Lipinski definition) is 2. The highest BCUT2D eigenvalue weighted by Gasteiger charge is 2.14. The minimum Gasteiger partial charge on any atom is -0.333 e. The third-order valence-electron chi connectivity index (χ3n) is 3.98. The van der Waals surface area contributed by atoms with Gasteiger partial charge in [-0.1, -0.05) is 12.1 Å². The van der Waals surface area contributed by atoms with Gasteiger partial charge in [-0.15, -0.1) is 0 Å². The number of fused-ring (bicyclic) bond motifs is 1. The van der Waals surface area contributed by atoms with Crippen molar-refractivity contribution in [2.24, 2.45) is 7.05 Å². The molecule has 0 aliphatic heterocycles. The number of nitrogens with zero attached hydrogens (tertiary/aromatic N) is 2. The smallest absolute Gasteiger partial charge is 0.0952 e. The molecule has 1 aliphatic rings. The van der Waals surface area contributed by atoms with Crippen LogP contribution in [0.5, 0.6) is 0 Å². The van der Waals surface area contributed by atoms with Gasteiger partial charge in [0.25, 0.3) is 0 Å². The second-order valence-electron chi connectivity index (χ2n) is 5.37. The molecule has 3 nitrogen and oxygen atoms in total. The molecule has 1 aromatic heterocycles. The van der Waals surface area contributed by atoms with Crippen LogP contribution in [-0.4, -0.2) is 16.6 Å². The van der Waals surface area contributed by atoms with Gasteiger partial charge < -0.3 is 9.88 Å². The van der Waals surface area contributed by atoms with Crippen molar-refractivity contribution >= 4 is 0 Å². The monoisotopic (exact) mass is 255 g/mol. The molecule has 0 saturated heterocycles. The maximum absolute atomic E-state index is 4.49. The highest BCUT2D eigenvalue weighted by atomic mass is 15.0. The van der Waals surface area contributed by atoms with Gasteiger partial charge in [-0.3, -0.25) is 0 Å². The highest BCUT2D eigenvalue weighted by Crippen LogP contribution is 2.28. The summed E-state index contributed by atoms with van der Waals surface area (Å²) in [6, 6.07) is 6.92. The Balaban J connectivity index is 2.04. The fourth-order valence-electron chi connectivity index (χ4n) is 3.03. The van der Waals surface area contributed by atoms with Gasteiger partial charge in [-0.2, -0.15) is 0 Å². The number of hydrogen-bond donors (Lipinski definition) is 1. The number of imidazole rings is 1. The van der Waals surface area contributed by atoms with Crippen molar-refractivity contribution in [2.45, 2.75) is 32.2 Å².